The summed E-state index contributed by atoms with van der Waals surface area (Å²) in [6.45, 7) is 4.87. The van der Waals surface area contributed by atoms with E-state index in [0.717, 1.165) is 28.7 Å². The molecular formula is C23H23N7O. The van der Waals surface area contributed by atoms with Crippen LogP contribution >= 0.6 is 0 Å². The Morgan fingerprint density at radius 3 is 2.52 bits per heavy atom. The van der Waals surface area contributed by atoms with Crippen molar-refractivity contribution in [2.75, 3.05) is 0 Å². The van der Waals surface area contributed by atoms with Crippen molar-refractivity contribution in [3.8, 4) is 34.4 Å². The molecule has 0 amide bonds. The lowest BCUT2D eigenvalue weighted by molar-refractivity contribution is 0.569. The first-order chi connectivity index (χ1) is 15.2. The fourth-order valence-electron chi connectivity index (χ4n) is 3.48. The van der Waals surface area contributed by atoms with E-state index in [-0.39, 0.29) is 5.69 Å². The van der Waals surface area contributed by atoms with Crippen molar-refractivity contribution in [1.82, 2.24) is 35.0 Å². The van der Waals surface area contributed by atoms with Crippen LogP contribution in [0, 0.1) is 11.8 Å². The summed E-state index contributed by atoms with van der Waals surface area (Å²) >= 11 is 0. The van der Waals surface area contributed by atoms with Gasteiger partial charge < -0.3 is 0 Å². The summed E-state index contributed by atoms with van der Waals surface area (Å²) in [7, 11) is 0. The second-order valence-electron chi connectivity index (χ2n) is 7.09. The van der Waals surface area contributed by atoms with Crippen LogP contribution in [0.4, 0.5) is 0 Å². The number of tetrazole rings is 1. The lowest BCUT2D eigenvalue weighted by Crippen LogP contribution is -2.26. The van der Waals surface area contributed by atoms with Gasteiger partial charge in [0.25, 0.3) is 0 Å². The Balaban J connectivity index is 1.64. The standard InChI is InChI=1S/C23H23N7O/c1-3-5-10-21-26-30(15-4-2)23(31)29(21)16-17-11-13-18(14-12-17)19-8-6-7-9-20(19)22-24-27-28-25-22/h6-9,11-14H,4,10,15-16H2,1-2H3,(H,24,25,27,28). The van der Waals surface area contributed by atoms with E-state index >= 15 is 0 Å². The predicted molar refractivity (Wildman–Crippen MR) is 118 cm³/mol. The fourth-order valence-corrected chi connectivity index (χ4v) is 3.48. The molecule has 4 rings (SSSR count). The van der Waals surface area contributed by atoms with Gasteiger partial charge in [-0.15, -0.1) is 16.1 Å². The second-order valence-corrected chi connectivity index (χ2v) is 7.09. The zero-order valence-electron chi connectivity index (χ0n) is 17.5. The van der Waals surface area contributed by atoms with Gasteiger partial charge in [0.05, 0.1) is 13.0 Å². The number of aromatic amines is 1. The minimum atomic E-state index is -0.0960. The molecule has 0 atom stereocenters. The summed E-state index contributed by atoms with van der Waals surface area (Å²) in [5.74, 6) is 7.14. The number of hydrogen-bond donors (Lipinski definition) is 1. The first-order valence-corrected chi connectivity index (χ1v) is 10.2. The minimum absolute atomic E-state index is 0.0960. The van der Waals surface area contributed by atoms with Gasteiger partial charge in [-0.3, -0.25) is 4.57 Å². The summed E-state index contributed by atoms with van der Waals surface area (Å²) in [4.78, 5) is 12.8. The Morgan fingerprint density at radius 2 is 1.84 bits per heavy atom. The van der Waals surface area contributed by atoms with Crippen molar-refractivity contribution in [3.63, 3.8) is 0 Å². The maximum Gasteiger partial charge on any atom is 0.346 e. The van der Waals surface area contributed by atoms with Gasteiger partial charge in [0.2, 0.25) is 5.82 Å². The highest BCUT2D eigenvalue weighted by molar-refractivity contribution is 5.80. The Kier molecular flexibility index (Phi) is 6.03. The van der Waals surface area contributed by atoms with E-state index < -0.39 is 0 Å². The Labute approximate surface area is 179 Å². The Hall–Kier alpha value is -3.99. The van der Waals surface area contributed by atoms with E-state index in [1.54, 1.807) is 11.5 Å². The zero-order valence-corrected chi connectivity index (χ0v) is 17.5. The average molecular weight is 413 g/mol. The molecule has 0 aliphatic rings. The number of nitrogens with zero attached hydrogens (tertiary/aromatic N) is 6. The van der Waals surface area contributed by atoms with Gasteiger partial charge in [0.15, 0.2) is 0 Å². The third kappa shape index (κ3) is 4.31. The molecule has 0 saturated heterocycles. The van der Waals surface area contributed by atoms with Gasteiger partial charge in [-0.1, -0.05) is 61.4 Å². The lowest BCUT2D eigenvalue weighted by Gasteiger charge is -2.09. The molecule has 0 bridgehead atoms. The van der Waals surface area contributed by atoms with E-state index in [2.05, 4.69) is 37.6 Å². The number of aryl methyl sites for hydroxylation is 1. The molecule has 2 heterocycles. The summed E-state index contributed by atoms with van der Waals surface area (Å²) in [6, 6.07) is 16.1. The molecule has 0 aliphatic heterocycles. The SMILES string of the molecule is CC#CCc1nn(CCC)c(=O)n1Cc1ccc(-c2ccccc2-c2nn[nH]n2)cc1. The van der Waals surface area contributed by atoms with Crippen LogP contribution in [0.15, 0.2) is 53.3 Å². The van der Waals surface area contributed by atoms with Crippen LogP contribution in [0.2, 0.25) is 0 Å². The highest BCUT2D eigenvalue weighted by atomic mass is 16.2. The van der Waals surface area contributed by atoms with E-state index in [1.165, 1.54) is 4.68 Å². The number of H-pyrrole nitrogens is 1. The maximum absolute atomic E-state index is 12.8. The van der Waals surface area contributed by atoms with Gasteiger partial charge >= 0.3 is 5.69 Å². The Morgan fingerprint density at radius 1 is 1.06 bits per heavy atom. The quantitative estimate of drug-likeness (QED) is 0.470. The van der Waals surface area contributed by atoms with Crippen molar-refractivity contribution in [1.29, 1.82) is 0 Å². The summed E-state index contributed by atoms with van der Waals surface area (Å²) in [5.41, 5.74) is 3.88. The van der Waals surface area contributed by atoms with Gasteiger partial charge in [-0.25, -0.2) is 9.48 Å². The maximum atomic E-state index is 12.8. The number of aromatic nitrogens is 7. The van der Waals surface area contributed by atoms with Crippen molar-refractivity contribution in [2.45, 2.75) is 39.8 Å². The van der Waals surface area contributed by atoms with E-state index in [4.69, 9.17) is 0 Å². The Bertz CT molecular complexity index is 1270. The minimum Gasteiger partial charge on any atom is -0.274 e. The molecular weight excluding hydrogens is 390 g/mol. The molecule has 8 nitrogen and oxygen atoms in total. The van der Waals surface area contributed by atoms with Crippen LogP contribution in [-0.2, 0) is 19.5 Å². The van der Waals surface area contributed by atoms with Crippen molar-refractivity contribution < 1.29 is 0 Å². The summed E-state index contributed by atoms with van der Waals surface area (Å²) < 4.78 is 3.24. The molecule has 8 heteroatoms. The smallest absolute Gasteiger partial charge is 0.274 e. The number of rotatable bonds is 7. The molecule has 0 spiro atoms. The van der Waals surface area contributed by atoms with Crippen LogP contribution in [0.3, 0.4) is 0 Å². The van der Waals surface area contributed by atoms with E-state index in [1.807, 2.05) is 55.5 Å². The molecule has 156 valence electrons. The van der Waals surface area contributed by atoms with Crippen LogP contribution in [0.5, 0.6) is 0 Å². The van der Waals surface area contributed by atoms with Crippen molar-refractivity contribution >= 4 is 0 Å². The lowest BCUT2D eigenvalue weighted by atomic mass is 9.98. The normalized spacial score (nSPS) is 10.6. The van der Waals surface area contributed by atoms with Crippen LogP contribution < -0.4 is 5.69 Å². The monoisotopic (exact) mass is 413 g/mol. The number of nitrogens with one attached hydrogen (secondary N) is 1. The van der Waals surface area contributed by atoms with Gasteiger partial charge in [-0.2, -0.15) is 10.3 Å². The van der Waals surface area contributed by atoms with Crippen molar-refractivity contribution in [2.24, 2.45) is 0 Å². The largest absolute Gasteiger partial charge is 0.346 e. The van der Waals surface area contributed by atoms with Gasteiger partial charge in [0.1, 0.15) is 5.82 Å². The number of hydrogen-bond acceptors (Lipinski definition) is 5. The second kappa shape index (κ2) is 9.22. The van der Waals surface area contributed by atoms with Crippen molar-refractivity contribution in [3.05, 3.63) is 70.4 Å². The third-order valence-electron chi connectivity index (χ3n) is 4.98. The molecule has 31 heavy (non-hydrogen) atoms. The molecule has 4 aromatic rings. The van der Waals surface area contributed by atoms with Gasteiger partial charge in [-0.05, 0) is 35.2 Å². The number of benzene rings is 2. The summed E-state index contributed by atoms with van der Waals surface area (Å²) in [6.07, 6.45) is 1.31. The molecule has 0 fully saturated rings. The first kappa shape index (κ1) is 20.3. The predicted octanol–water partition coefficient (Wildman–Crippen LogP) is 2.92. The zero-order chi connectivity index (χ0) is 21.6. The molecule has 2 aromatic heterocycles. The van der Waals surface area contributed by atoms with Gasteiger partial charge in [0, 0.05) is 12.1 Å². The fraction of sp³-hybridized carbons (Fsp3) is 0.261. The molecule has 0 unspecified atom stereocenters. The van der Waals surface area contributed by atoms with Crippen LogP contribution in [0.1, 0.15) is 31.7 Å². The molecule has 2 aromatic carbocycles. The van der Waals surface area contributed by atoms with E-state index in [9.17, 15) is 4.79 Å². The summed E-state index contributed by atoms with van der Waals surface area (Å²) in [5, 5.41) is 18.8. The van der Waals surface area contributed by atoms with Crippen LogP contribution in [-0.4, -0.2) is 35.0 Å². The average Bonchev–Trinajstić information content (AvgIpc) is 3.43. The molecule has 0 saturated carbocycles. The topological polar surface area (TPSA) is 94.3 Å². The molecule has 1 N–H and O–H groups in total. The first-order valence-electron chi connectivity index (χ1n) is 10.2. The third-order valence-corrected chi connectivity index (χ3v) is 4.98. The molecule has 0 aliphatic carbocycles. The van der Waals surface area contributed by atoms with E-state index in [0.29, 0.717) is 31.2 Å². The van der Waals surface area contributed by atoms with Crippen LogP contribution in [0.25, 0.3) is 22.5 Å². The highest BCUT2D eigenvalue weighted by Crippen LogP contribution is 2.29. The highest BCUT2D eigenvalue weighted by Gasteiger charge is 2.14. The molecule has 0 radical (unpaired) electrons.